The highest BCUT2D eigenvalue weighted by molar-refractivity contribution is 7.00. The Hall–Kier alpha value is -10.9. The fourth-order valence-electron chi connectivity index (χ4n) is 15.1. The Morgan fingerprint density at radius 2 is 0.717 bits per heavy atom. The zero-order chi connectivity index (χ0) is 76.7. The molecule has 0 spiro atoms. The van der Waals surface area contributed by atoms with E-state index < -0.39 is 43.0 Å². The normalized spacial score (nSPS) is 14.6. The molecule has 0 bridgehead atoms. The molecule has 2 aromatic heterocycles. The van der Waals surface area contributed by atoms with Crippen LogP contribution in [0, 0.1) is 0 Å². The molecule has 0 N–H and O–H groups in total. The third-order valence-electron chi connectivity index (χ3n) is 20.5. The van der Waals surface area contributed by atoms with Crippen LogP contribution in [-0.4, -0.2) is 11.3 Å². The fraction of sp³-hybridized carbons (Fsp3) is 0.170. The molecular formula is C94H82BN3O. The van der Waals surface area contributed by atoms with Gasteiger partial charge < -0.3 is 18.8 Å². The lowest BCUT2D eigenvalue weighted by Gasteiger charge is -2.44. The molecule has 99 heavy (non-hydrogen) atoms. The average molecular weight is 1290 g/mol. The highest BCUT2D eigenvalue weighted by atomic mass is 16.3. The molecule has 0 saturated heterocycles. The maximum absolute atomic E-state index is 9.89. The Morgan fingerprint density at radius 3 is 1.22 bits per heavy atom. The Bertz CT molecular complexity index is 6150. The van der Waals surface area contributed by atoms with Gasteiger partial charge in [-0.2, -0.15) is 0 Å². The van der Waals surface area contributed by atoms with E-state index in [0.29, 0.717) is 45.0 Å². The maximum Gasteiger partial charge on any atom is 0.252 e. The SMILES string of the molecule is [2H]c1c([2H])c([2H])c(-c2ccc3c(c2)N(c2cccc4c2oc2c(-n5c6ccc(C(C)(C)C)cc6c6cc(C(C)(C)C)ccc65)cccc24)c2cc(-c4c([2H])c([2H])c([2H])c([2H])c4[2H])cc4c2B3c2ccc(-c3cc(C(C)(C)C)cc(C(C)(C)C)c3)cc2N4c2cc(-c3ccccc3)cc(-c3ccccc3)c2)c([2H])c1[2H]. The first kappa shape index (κ1) is 51.4. The Balaban J connectivity index is 1.02. The van der Waals surface area contributed by atoms with Crippen molar-refractivity contribution in [1.29, 1.82) is 0 Å². The molecule has 0 radical (unpaired) electrons. The Morgan fingerprint density at radius 1 is 0.293 bits per heavy atom. The highest BCUT2D eigenvalue weighted by Gasteiger charge is 2.45. The second-order valence-electron chi connectivity index (χ2n) is 31.1. The number of fused-ring (bicyclic) bond motifs is 10. The van der Waals surface area contributed by atoms with Gasteiger partial charge in [0.05, 0.1) is 36.1 Å². The minimum atomic E-state index is -0.606. The van der Waals surface area contributed by atoms with Crippen molar-refractivity contribution in [3.05, 3.63) is 301 Å². The number of hydrogen-bond acceptors (Lipinski definition) is 3. The summed E-state index contributed by atoms with van der Waals surface area (Å²) in [5, 5.41) is 3.91. The number of nitrogens with zero attached hydrogens (tertiary/aromatic N) is 3. The van der Waals surface area contributed by atoms with E-state index in [1.165, 1.54) is 22.3 Å². The van der Waals surface area contributed by atoms with Crippen LogP contribution in [0.4, 0.5) is 34.1 Å². The van der Waals surface area contributed by atoms with E-state index in [4.69, 9.17) is 9.90 Å². The molecule has 0 saturated carbocycles. The van der Waals surface area contributed by atoms with Gasteiger partial charge in [0.2, 0.25) is 0 Å². The molecule has 4 heterocycles. The van der Waals surface area contributed by atoms with Crippen molar-refractivity contribution in [2.75, 3.05) is 9.80 Å². The van der Waals surface area contributed by atoms with Crippen LogP contribution >= 0.6 is 0 Å². The van der Waals surface area contributed by atoms with E-state index in [1.54, 1.807) is 0 Å². The quantitative estimate of drug-likeness (QED) is 0.142. The molecule has 17 rings (SSSR count). The van der Waals surface area contributed by atoms with Crippen LogP contribution in [0.25, 0.3) is 105 Å². The van der Waals surface area contributed by atoms with Crippen molar-refractivity contribution in [2.24, 2.45) is 0 Å². The summed E-state index contributed by atoms with van der Waals surface area (Å²) in [5.74, 6) is 0. The minimum Gasteiger partial charge on any atom is -0.452 e. The van der Waals surface area contributed by atoms with Gasteiger partial charge in [0.1, 0.15) is 0 Å². The molecule has 0 amide bonds. The Kier molecular flexibility index (Phi) is 11.9. The molecule has 0 unspecified atom stereocenters. The average Bonchev–Trinajstić information content (AvgIpc) is 0.743. The molecule has 2 aliphatic rings. The van der Waals surface area contributed by atoms with Gasteiger partial charge in [0.25, 0.3) is 6.71 Å². The number of para-hydroxylation sites is 2. The van der Waals surface area contributed by atoms with Crippen LogP contribution in [0.2, 0.25) is 0 Å². The predicted octanol–water partition coefficient (Wildman–Crippen LogP) is 24.3. The van der Waals surface area contributed by atoms with Gasteiger partial charge in [-0.3, -0.25) is 0 Å². The number of aromatic nitrogens is 1. The summed E-state index contributed by atoms with van der Waals surface area (Å²) in [7, 11) is 0. The molecular weight excluding hydrogens is 1200 g/mol. The first-order chi connectivity index (χ1) is 51.7. The summed E-state index contributed by atoms with van der Waals surface area (Å²) in [4.78, 5) is 4.44. The number of benzene rings is 13. The monoisotopic (exact) mass is 1290 g/mol. The number of rotatable bonds is 8. The van der Waals surface area contributed by atoms with E-state index in [9.17, 15) is 8.22 Å². The lowest BCUT2D eigenvalue weighted by molar-refractivity contribution is 0.569. The fourth-order valence-corrected chi connectivity index (χ4v) is 15.1. The molecule has 13 aromatic carbocycles. The van der Waals surface area contributed by atoms with E-state index in [2.05, 4.69) is 237 Å². The van der Waals surface area contributed by atoms with E-state index in [1.807, 2.05) is 78.9 Å². The third kappa shape index (κ3) is 10.5. The largest absolute Gasteiger partial charge is 0.452 e. The molecule has 482 valence electrons. The number of anilines is 6. The zero-order valence-corrected chi connectivity index (χ0v) is 58.1. The van der Waals surface area contributed by atoms with Gasteiger partial charge in [-0.25, -0.2) is 0 Å². The van der Waals surface area contributed by atoms with Crippen molar-refractivity contribution in [3.8, 4) is 61.3 Å². The van der Waals surface area contributed by atoms with Crippen LogP contribution in [0.15, 0.2) is 283 Å². The standard InChI is InChI=1S/C94H82BN3O/c1-91(2,3)69-41-45-80-76(57-69)77-58-70(92(4,5)6)42-46-81(77)97(80)82-37-25-35-74-75-36-26-38-83(90(75)99-89(74)82)98-85-52-63(59-27-17-13-18-28-59)39-43-79(85)95-78-44-40-64(67-48-71(93(7,8)9)56-72(49-67)94(10,11)12)53-84(78)96(86-54-68(55-87(98)88(86)95)62-33-23-16-24-34-62)73-50-65(60-29-19-14-20-30-60)47-66(51-73)61-31-21-15-22-32-61/h13-58H,1-12H3/i13D,16D,17D,18D,23D,24D,27D,28D,33D,34D. The Labute approximate surface area is 597 Å². The van der Waals surface area contributed by atoms with Gasteiger partial charge >= 0.3 is 0 Å². The van der Waals surface area contributed by atoms with E-state index >= 15 is 0 Å². The van der Waals surface area contributed by atoms with Crippen molar-refractivity contribution in [1.82, 2.24) is 4.57 Å². The highest BCUT2D eigenvalue weighted by Crippen LogP contribution is 2.52. The molecule has 4 nitrogen and oxygen atoms in total. The van der Waals surface area contributed by atoms with Crippen LogP contribution in [-0.2, 0) is 21.7 Å². The maximum atomic E-state index is 9.89. The van der Waals surface area contributed by atoms with Crippen LogP contribution < -0.4 is 26.2 Å². The lowest BCUT2D eigenvalue weighted by Crippen LogP contribution is -2.61. The van der Waals surface area contributed by atoms with Crippen LogP contribution in [0.1, 0.15) is 119 Å². The number of furan rings is 1. The topological polar surface area (TPSA) is 24.6 Å². The van der Waals surface area contributed by atoms with Gasteiger partial charge in [0.15, 0.2) is 11.2 Å². The molecule has 0 fully saturated rings. The van der Waals surface area contributed by atoms with Crippen molar-refractivity contribution in [2.45, 2.75) is 105 Å². The van der Waals surface area contributed by atoms with Gasteiger partial charge in [-0.15, -0.1) is 0 Å². The summed E-state index contributed by atoms with van der Waals surface area (Å²) >= 11 is 0. The summed E-state index contributed by atoms with van der Waals surface area (Å²) in [6, 6.07) is 72.4. The summed E-state index contributed by atoms with van der Waals surface area (Å²) in [6.45, 7) is 26.3. The molecule has 15 aromatic rings. The summed E-state index contributed by atoms with van der Waals surface area (Å²) in [5.41, 5.74) is 21.4. The second kappa shape index (κ2) is 22.9. The van der Waals surface area contributed by atoms with Crippen molar-refractivity contribution in [3.63, 3.8) is 0 Å². The molecule has 0 aliphatic carbocycles. The molecule has 0 atom stereocenters. The first-order valence-corrected chi connectivity index (χ1v) is 34.4. The van der Waals surface area contributed by atoms with E-state index in [-0.39, 0.29) is 57.0 Å². The third-order valence-corrected chi connectivity index (χ3v) is 20.5. The van der Waals surface area contributed by atoms with E-state index in [0.717, 1.165) is 99.4 Å². The summed E-state index contributed by atoms with van der Waals surface area (Å²) < 4.78 is 103. The van der Waals surface area contributed by atoms with Crippen LogP contribution in [0.5, 0.6) is 0 Å². The minimum absolute atomic E-state index is 0.00144. The summed E-state index contributed by atoms with van der Waals surface area (Å²) in [6.07, 6.45) is 0. The molecule has 2 aliphatic heterocycles. The van der Waals surface area contributed by atoms with Gasteiger partial charge in [0, 0.05) is 50.0 Å². The second-order valence-corrected chi connectivity index (χ2v) is 31.1. The predicted molar refractivity (Wildman–Crippen MR) is 424 cm³/mol. The zero-order valence-electron chi connectivity index (χ0n) is 68.1. The van der Waals surface area contributed by atoms with Gasteiger partial charge in [-0.05, 0) is 195 Å². The number of hydrogen-bond donors (Lipinski definition) is 0. The van der Waals surface area contributed by atoms with Crippen LogP contribution in [0.3, 0.4) is 0 Å². The molecule has 5 heteroatoms. The smallest absolute Gasteiger partial charge is 0.252 e. The lowest BCUT2D eigenvalue weighted by atomic mass is 9.33. The van der Waals surface area contributed by atoms with Crippen molar-refractivity contribution >= 4 is 101 Å². The van der Waals surface area contributed by atoms with Crippen molar-refractivity contribution < 1.29 is 18.1 Å². The van der Waals surface area contributed by atoms with Gasteiger partial charge in [-0.1, -0.05) is 283 Å². The first-order valence-electron chi connectivity index (χ1n) is 39.4.